The van der Waals surface area contributed by atoms with Crippen molar-refractivity contribution in [1.82, 2.24) is 14.5 Å². The van der Waals surface area contributed by atoms with Crippen molar-refractivity contribution in [3.63, 3.8) is 0 Å². The number of para-hydroxylation sites is 1. The van der Waals surface area contributed by atoms with Crippen molar-refractivity contribution in [1.29, 1.82) is 0 Å². The first-order valence-electron chi connectivity index (χ1n) is 18.5. The quantitative estimate of drug-likeness (QED) is 0.138. The van der Waals surface area contributed by atoms with Crippen LogP contribution in [0.4, 0.5) is 0 Å². The van der Waals surface area contributed by atoms with Crippen molar-refractivity contribution in [3.05, 3.63) is 163 Å². The molecule has 2 aliphatic rings. The predicted molar refractivity (Wildman–Crippen MR) is 220 cm³/mol. The van der Waals surface area contributed by atoms with Gasteiger partial charge in [0.15, 0.2) is 5.82 Å². The fourth-order valence-corrected chi connectivity index (χ4v) is 7.79. The fraction of sp³-hybridized carbons (Fsp3) is 0.0833. The number of imidazole rings is 1. The van der Waals surface area contributed by atoms with Crippen molar-refractivity contribution >= 4 is 23.2 Å². The Kier molecular flexibility index (Phi) is 8.78. The minimum absolute atomic E-state index is 0. The molecule has 6 aromatic carbocycles. The van der Waals surface area contributed by atoms with E-state index >= 15 is 0 Å². The molecule has 2 aliphatic heterocycles. The molecule has 274 valence electrons. The first kappa shape index (κ1) is 35.5. The molecule has 0 amide bonds. The van der Waals surface area contributed by atoms with Crippen molar-refractivity contribution in [2.75, 3.05) is 0 Å². The Labute approximate surface area is 340 Å². The molecule has 2 aromatic heterocycles. The van der Waals surface area contributed by atoms with Gasteiger partial charge in [0.25, 0.3) is 6.71 Å². The van der Waals surface area contributed by atoms with Crippen LogP contribution >= 0.6 is 0 Å². The van der Waals surface area contributed by atoms with Gasteiger partial charge >= 0.3 is 0 Å². The van der Waals surface area contributed by atoms with E-state index in [0.717, 1.165) is 50.1 Å². The normalized spacial score (nSPS) is 12.4. The maximum atomic E-state index is 11.4. The molecule has 0 fully saturated rings. The van der Waals surface area contributed by atoms with Gasteiger partial charge in [0.2, 0.25) is 5.88 Å². The van der Waals surface area contributed by atoms with Crippen LogP contribution in [0.15, 0.2) is 152 Å². The summed E-state index contributed by atoms with van der Waals surface area (Å²) in [5, 5.41) is 11.4. The number of phenolic OH excluding ortho intramolecular Hbond substituents is 1. The second kappa shape index (κ2) is 13.8. The summed E-state index contributed by atoms with van der Waals surface area (Å²) < 4.78 is 15.6. The topological polar surface area (TPSA) is 69.4 Å². The molecule has 0 saturated heterocycles. The number of pyridine rings is 1. The van der Waals surface area contributed by atoms with Gasteiger partial charge in [-0.15, -0.1) is 29.2 Å². The van der Waals surface area contributed by atoms with Crippen molar-refractivity contribution in [2.24, 2.45) is 0 Å². The maximum absolute atomic E-state index is 11.4. The molecular formula is C48H35BN3O3Pt-. The van der Waals surface area contributed by atoms with Crippen molar-refractivity contribution in [3.8, 4) is 79.5 Å². The summed E-state index contributed by atoms with van der Waals surface area (Å²) in [7, 11) is 0. The van der Waals surface area contributed by atoms with E-state index in [-0.39, 0.29) is 38.9 Å². The molecule has 0 atom stereocenters. The van der Waals surface area contributed by atoms with Gasteiger partial charge in [-0.1, -0.05) is 112 Å². The van der Waals surface area contributed by atoms with E-state index < -0.39 is 0 Å². The zero-order chi connectivity index (χ0) is 37.3. The molecule has 6 nitrogen and oxygen atoms in total. The van der Waals surface area contributed by atoms with E-state index in [0.29, 0.717) is 40.1 Å². The molecule has 4 heterocycles. The van der Waals surface area contributed by atoms with E-state index in [1.807, 2.05) is 85.1 Å². The van der Waals surface area contributed by atoms with E-state index in [2.05, 4.69) is 92.1 Å². The first-order valence-corrected chi connectivity index (χ1v) is 18.5. The Morgan fingerprint density at radius 1 is 0.661 bits per heavy atom. The monoisotopic (exact) mass is 907 g/mol. The standard InChI is InChI=1S/C48H35BN3O3.Pt/c1-48(2,3)34-22-23-39(36(29-34)31-15-8-5-9-16-31)52-46(35-17-10-11-18-40(35)53)51-45-47(52)55-43-20-12-19-42-44(43)49(45)37-27-33(21-24-41(37)54-42)38-28-32(25-26-50-38)30-13-6-4-7-14-30;/h4-26,28-29,53H,1-3H3;/q-1;. The Morgan fingerprint density at radius 2 is 1.38 bits per heavy atom. The molecule has 0 unspecified atom stereocenters. The average molecular weight is 908 g/mol. The molecule has 0 spiro atoms. The van der Waals surface area contributed by atoms with Gasteiger partial charge in [0.05, 0.1) is 16.8 Å². The van der Waals surface area contributed by atoms with Crippen LogP contribution in [0.25, 0.3) is 50.6 Å². The third-order valence-electron chi connectivity index (χ3n) is 10.6. The number of phenols is 1. The minimum Gasteiger partial charge on any atom is -0.507 e. The number of hydrogen-bond acceptors (Lipinski definition) is 5. The van der Waals surface area contributed by atoms with Crippen LogP contribution in [0.2, 0.25) is 0 Å². The molecule has 0 saturated carbocycles. The number of benzene rings is 6. The molecule has 8 aromatic rings. The third-order valence-corrected chi connectivity index (χ3v) is 10.6. The van der Waals surface area contributed by atoms with Gasteiger partial charge in [-0.05, 0) is 75.8 Å². The Hall–Kier alpha value is -6.17. The molecule has 0 aliphatic carbocycles. The summed E-state index contributed by atoms with van der Waals surface area (Å²) in [6, 6.07) is 52.4. The second-order valence-electron chi connectivity index (χ2n) is 15.1. The zero-order valence-corrected chi connectivity index (χ0v) is 33.2. The number of fused-ring (bicyclic) bond motifs is 4. The van der Waals surface area contributed by atoms with E-state index in [1.54, 1.807) is 6.07 Å². The summed E-state index contributed by atoms with van der Waals surface area (Å²) in [6.07, 6.45) is 1.84. The zero-order valence-electron chi connectivity index (χ0n) is 30.9. The van der Waals surface area contributed by atoms with Crippen LogP contribution in [0.3, 0.4) is 0 Å². The molecule has 1 N–H and O–H groups in total. The van der Waals surface area contributed by atoms with Crippen LogP contribution in [0.1, 0.15) is 26.3 Å². The molecular weight excluding hydrogens is 872 g/mol. The van der Waals surface area contributed by atoms with Gasteiger partial charge in [-0.25, -0.2) is 4.98 Å². The smallest absolute Gasteiger partial charge is 0.267 e. The molecule has 10 rings (SSSR count). The van der Waals surface area contributed by atoms with Crippen LogP contribution < -0.4 is 26.0 Å². The summed E-state index contributed by atoms with van der Waals surface area (Å²) in [5.74, 6) is 3.36. The molecule has 0 radical (unpaired) electrons. The number of aromatic nitrogens is 3. The van der Waals surface area contributed by atoms with Gasteiger partial charge in [-0.3, -0.25) is 4.57 Å². The van der Waals surface area contributed by atoms with Crippen LogP contribution in [0.5, 0.6) is 28.9 Å². The largest absolute Gasteiger partial charge is 0.507 e. The summed E-state index contributed by atoms with van der Waals surface area (Å²) in [6.45, 7) is 6.29. The van der Waals surface area contributed by atoms with E-state index in [4.69, 9.17) is 19.4 Å². The first-order chi connectivity index (χ1) is 26.8. The van der Waals surface area contributed by atoms with Gasteiger partial charge in [0, 0.05) is 44.0 Å². The number of rotatable bonds is 5. The van der Waals surface area contributed by atoms with Crippen molar-refractivity contribution < 1.29 is 35.6 Å². The number of hydrogen-bond donors (Lipinski definition) is 1. The van der Waals surface area contributed by atoms with Crippen molar-refractivity contribution in [2.45, 2.75) is 26.2 Å². The van der Waals surface area contributed by atoms with Crippen LogP contribution in [0, 0.1) is 6.07 Å². The summed E-state index contributed by atoms with van der Waals surface area (Å²) in [4.78, 5) is 10.2. The maximum Gasteiger partial charge on any atom is 0.267 e. The Balaban J connectivity index is 0.00000410. The Bertz CT molecular complexity index is 2780. The van der Waals surface area contributed by atoms with E-state index in [9.17, 15) is 5.11 Å². The minimum atomic E-state index is -0.379. The SMILES string of the molecule is CC(C)(C)c1ccc(-n2c(-c3ccccc3O)nc3c2Oc2cccc4c2B3c2[c-]c(-c3cc(-c5ccccc5)ccn3)ccc2O4)c(-c2ccccc2)c1.[Pt]. The third kappa shape index (κ3) is 5.95. The fourth-order valence-electron chi connectivity index (χ4n) is 7.79. The molecule has 56 heavy (non-hydrogen) atoms. The van der Waals surface area contributed by atoms with Crippen LogP contribution in [-0.4, -0.2) is 26.4 Å². The number of aromatic hydroxyl groups is 1. The molecule has 0 bridgehead atoms. The second-order valence-corrected chi connectivity index (χ2v) is 15.1. The summed E-state index contributed by atoms with van der Waals surface area (Å²) >= 11 is 0. The van der Waals surface area contributed by atoms with Gasteiger partial charge < -0.3 is 19.6 Å². The molecule has 8 heteroatoms. The Morgan fingerprint density at radius 3 is 2.12 bits per heavy atom. The number of ether oxygens (including phenoxy) is 2. The number of nitrogens with zero attached hydrogens (tertiary/aromatic N) is 3. The van der Waals surface area contributed by atoms with Gasteiger partial charge in [-0.2, -0.15) is 0 Å². The average Bonchev–Trinajstić information content (AvgIpc) is 3.59. The summed E-state index contributed by atoms with van der Waals surface area (Å²) in [5.41, 5.74) is 11.0. The van der Waals surface area contributed by atoms with Gasteiger partial charge in [0.1, 0.15) is 17.2 Å². The van der Waals surface area contributed by atoms with E-state index in [1.165, 1.54) is 5.56 Å². The van der Waals surface area contributed by atoms with Crippen LogP contribution in [-0.2, 0) is 26.5 Å². The predicted octanol–water partition coefficient (Wildman–Crippen LogP) is 9.46.